The minimum atomic E-state index is -0.401. The number of likely N-dealkylation sites (tertiary alicyclic amines) is 1. The summed E-state index contributed by atoms with van der Waals surface area (Å²) in [6, 6.07) is 6.15. The van der Waals surface area contributed by atoms with E-state index < -0.39 is 6.09 Å². The van der Waals surface area contributed by atoms with Gasteiger partial charge < -0.3 is 15.2 Å². The van der Waals surface area contributed by atoms with Crippen molar-refractivity contribution in [1.29, 1.82) is 0 Å². The molecule has 0 radical (unpaired) electrons. The van der Waals surface area contributed by atoms with Crippen LogP contribution in [0.4, 0.5) is 4.79 Å². The molecule has 1 aliphatic heterocycles. The predicted molar refractivity (Wildman–Crippen MR) is 103 cm³/mol. The first-order valence-electron chi connectivity index (χ1n) is 9.65. The average molecular weight is 364 g/mol. The molecule has 0 aliphatic carbocycles. The number of aromatic hydroxyl groups is 1. The van der Waals surface area contributed by atoms with Crippen LogP contribution in [0, 0.1) is 0 Å². The number of phenols is 1. The number of likely N-dealkylation sites (N-methyl/N-ethyl adjacent to an activating group) is 1. The summed E-state index contributed by atoms with van der Waals surface area (Å²) in [4.78, 5) is 15.9. The molecule has 1 atom stereocenters. The number of carbonyl (C=O) groups is 1. The smallest absolute Gasteiger partial charge is 0.406 e. The highest BCUT2D eigenvalue weighted by Gasteiger charge is 2.18. The Labute approximate surface area is 157 Å². The van der Waals surface area contributed by atoms with Crippen molar-refractivity contribution in [3.8, 4) is 5.75 Å². The maximum Gasteiger partial charge on any atom is 0.406 e. The van der Waals surface area contributed by atoms with E-state index in [1.807, 2.05) is 12.1 Å². The molecule has 26 heavy (non-hydrogen) atoms. The lowest BCUT2D eigenvalue weighted by Gasteiger charge is -2.30. The highest BCUT2D eigenvalue weighted by Crippen LogP contribution is 2.27. The van der Waals surface area contributed by atoms with Gasteiger partial charge in [-0.2, -0.15) is 0 Å². The lowest BCUT2D eigenvalue weighted by atomic mass is 10.0. The van der Waals surface area contributed by atoms with E-state index in [1.165, 1.54) is 31.9 Å². The Morgan fingerprint density at radius 2 is 2.08 bits per heavy atom. The van der Waals surface area contributed by atoms with E-state index in [1.54, 1.807) is 0 Å². The van der Waals surface area contributed by atoms with Crippen LogP contribution >= 0.6 is 0 Å². The normalized spacial score (nSPS) is 16.5. The number of ether oxygens (including phenoxy) is 1. The van der Waals surface area contributed by atoms with E-state index >= 15 is 0 Å². The quantitative estimate of drug-likeness (QED) is 0.743. The summed E-state index contributed by atoms with van der Waals surface area (Å²) in [5.41, 5.74) is 2.19. The number of methoxy groups -OCH3 is 1. The molecule has 2 rings (SSSR count). The van der Waals surface area contributed by atoms with Gasteiger partial charge in [-0.05, 0) is 57.1 Å². The fourth-order valence-corrected chi connectivity index (χ4v) is 3.56. The zero-order chi connectivity index (χ0) is 18.9. The molecule has 0 bridgehead atoms. The van der Waals surface area contributed by atoms with Gasteiger partial charge in [0.2, 0.25) is 0 Å². The third-order valence-corrected chi connectivity index (χ3v) is 5.24. The fourth-order valence-electron chi connectivity index (χ4n) is 3.56. The number of nitrogens with one attached hydrogen (secondary N) is 1. The van der Waals surface area contributed by atoms with Crippen LogP contribution < -0.4 is 5.32 Å². The first-order chi connectivity index (χ1) is 12.5. The summed E-state index contributed by atoms with van der Waals surface area (Å²) in [5.74, 6) is 0.377. The van der Waals surface area contributed by atoms with Crippen LogP contribution in [0.2, 0.25) is 0 Å². The Balaban J connectivity index is 2.00. The lowest BCUT2D eigenvalue weighted by molar-refractivity contribution is 0.165. The predicted octanol–water partition coefficient (Wildman–Crippen LogP) is 3.12. The number of carbonyl (C=O) groups excluding carboxylic acids is 1. The molecule has 1 saturated heterocycles. The van der Waals surface area contributed by atoms with E-state index in [4.69, 9.17) is 0 Å². The molecule has 1 aliphatic rings. The minimum absolute atomic E-state index is 0.208. The Morgan fingerprint density at radius 3 is 2.73 bits per heavy atom. The highest BCUT2D eigenvalue weighted by molar-refractivity contribution is 5.66. The molecule has 6 heteroatoms. The molecule has 146 valence electrons. The molecule has 1 heterocycles. The molecular formula is C20H33N3O3. The van der Waals surface area contributed by atoms with Gasteiger partial charge in [-0.25, -0.2) is 4.79 Å². The van der Waals surface area contributed by atoms with Crippen molar-refractivity contribution in [2.75, 3.05) is 39.8 Å². The number of amides is 1. The van der Waals surface area contributed by atoms with Gasteiger partial charge in [-0.15, -0.1) is 0 Å². The van der Waals surface area contributed by atoms with E-state index in [0.717, 1.165) is 38.3 Å². The van der Waals surface area contributed by atoms with Gasteiger partial charge in [0.25, 0.3) is 0 Å². The number of hydrogen-bond acceptors (Lipinski definition) is 5. The molecule has 0 saturated carbocycles. The second-order valence-corrected chi connectivity index (χ2v) is 6.95. The molecule has 1 amide bonds. The number of phenolic OH excluding ortho intramolecular Hbond substituents is 1. The van der Waals surface area contributed by atoms with Gasteiger partial charge in [-0.1, -0.05) is 19.4 Å². The Kier molecular flexibility index (Phi) is 8.19. The third kappa shape index (κ3) is 5.88. The lowest BCUT2D eigenvalue weighted by Crippen LogP contribution is -2.36. The van der Waals surface area contributed by atoms with Crippen molar-refractivity contribution in [1.82, 2.24) is 15.1 Å². The van der Waals surface area contributed by atoms with Gasteiger partial charge in [0, 0.05) is 31.2 Å². The largest absolute Gasteiger partial charge is 0.508 e. The summed E-state index contributed by atoms with van der Waals surface area (Å²) in [6.07, 6.45) is 3.40. The van der Waals surface area contributed by atoms with Crippen LogP contribution in [-0.4, -0.2) is 60.8 Å². The molecule has 1 aromatic carbocycles. The fraction of sp³-hybridized carbons (Fsp3) is 0.650. The molecule has 1 fully saturated rings. The summed E-state index contributed by atoms with van der Waals surface area (Å²) in [7, 11) is 1.37. The second kappa shape index (κ2) is 10.4. The molecule has 1 aromatic rings. The van der Waals surface area contributed by atoms with E-state index in [2.05, 4.69) is 39.8 Å². The van der Waals surface area contributed by atoms with Crippen LogP contribution in [0.25, 0.3) is 0 Å². The minimum Gasteiger partial charge on any atom is -0.508 e. The zero-order valence-corrected chi connectivity index (χ0v) is 16.3. The SMILES string of the molecule is CCN(CCNC(=O)OC)C(C)c1ccc(O)c(CN2CCCCC2)c1. The molecule has 6 nitrogen and oxygen atoms in total. The van der Waals surface area contributed by atoms with Gasteiger partial charge in [-0.3, -0.25) is 9.80 Å². The standard InChI is InChI=1S/C20H33N3O3/c1-4-23(13-10-21-20(25)26-3)16(2)17-8-9-19(24)18(14-17)15-22-11-6-5-7-12-22/h8-9,14,16,24H,4-7,10-13,15H2,1-3H3,(H,21,25). The van der Waals surface area contributed by atoms with Crippen LogP contribution in [0.5, 0.6) is 5.75 Å². The van der Waals surface area contributed by atoms with Crippen molar-refractivity contribution in [3.05, 3.63) is 29.3 Å². The van der Waals surface area contributed by atoms with Crippen LogP contribution in [0.15, 0.2) is 18.2 Å². The summed E-state index contributed by atoms with van der Waals surface area (Å²) in [6.45, 7) is 9.48. The maximum atomic E-state index is 11.2. The molecule has 1 unspecified atom stereocenters. The Hall–Kier alpha value is -1.79. The molecular weight excluding hydrogens is 330 g/mol. The summed E-state index contributed by atoms with van der Waals surface area (Å²) < 4.78 is 4.61. The van der Waals surface area contributed by atoms with Gasteiger partial charge in [0.1, 0.15) is 5.75 Å². The number of benzene rings is 1. The van der Waals surface area contributed by atoms with Gasteiger partial charge >= 0.3 is 6.09 Å². The number of hydrogen-bond donors (Lipinski definition) is 2. The topological polar surface area (TPSA) is 65.0 Å². The van der Waals surface area contributed by atoms with Crippen LogP contribution in [0.1, 0.15) is 50.3 Å². The molecule has 2 N–H and O–H groups in total. The molecule has 0 aromatic heterocycles. The summed E-state index contributed by atoms with van der Waals surface area (Å²) >= 11 is 0. The number of piperidine rings is 1. The number of nitrogens with zero attached hydrogens (tertiary/aromatic N) is 2. The van der Waals surface area contributed by atoms with Gasteiger partial charge in [0.15, 0.2) is 0 Å². The Bertz CT molecular complexity index is 573. The zero-order valence-electron chi connectivity index (χ0n) is 16.3. The van der Waals surface area contributed by atoms with E-state index in [0.29, 0.717) is 12.3 Å². The van der Waals surface area contributed by atoms with Crippen molar-refractivity contribution in [2.24, 2.45) is 0 Å². The van der Waals surface area contributed by atoms with E-state index in [-0.39, 0.29) is 6.04 Å². The third-order valence-electron chi connectivity index (χ3n) is 5.24. The Morgan fingerprint density at radius 1 is 1.35 bits per heavy atom. The maximum absolute atomic E-state index is 11.2. The monoisotopic (exact) mass is 363 g/mol. The van der Waals surface area contributed by atoms with Crippen molar-refractivity contribution >= 4 is 6.09 Å². The van der Waals surface area contributed by atoms with Crippen molar-refractivity contribution < 1.29 is 14.6 Å². The number of rotatable bonds is 8. The highest BCUT2D eigenvalue weighted by atomic mass is 16.5. The summed E-state index contributed by atoms with van der Waals surface area (Å²) in [5, 5.41) is 13.0. The van der Waals surface area contributed by atoms with Crippen LogP contribution in [-0.2, 0) is 11.3 Å². The van der Waals surface area contributed by atoms with Crippen LogP contribution in [0.3, 0.4) is 0 Å². The van der Waals surface area contributed by atoms with Crippen molar-refractivity contribution in [3.63, 3.8) is 0 Å². The first kappa shape index (κ1) is 20.5. The van der Waals surface area contributed by atoms with Crippen molar-refractivity contribution in [2.45, 2.75) is 45.7 Å². The molecule has 0 spiro atoms. The van der Waals surface area contributed by atoms with E-state index in [9.17, 15) is 9.90 Å². The second-order valence-electron chi connectivity index (χ2n) is 6.95. The number of alkyl carbamates (subject to hydrolysis) is 1. The first-order valence-corrected chi connectivity index (χ1v) is 9.65. The average Bonchev–Trinajstić information content (AvgIpc) is 2.67. The van der Waals surface area contributed by atoms with Gasteiger partial charge in [0.05, 0.1) is 7.11 Å².